The third-order valence-electron chi connectivity index (χ3n) is 3.59. The van der Waals surface area contributed by atoms with Gasteiger partial charge in [0.05, 0.1) is 41.5 Å². The average Bonchev–Trinajstić information content (AvgIpc) is 3.32. The number of aromatic hydroxyl groups is 1. The lowest BCUT2D eigenvalue weighted by Gasteiger charge is -2.06. The van der Waals surface area contributed by atoms with Crippen molar-refractivity contribution >= 4 is 44.8 Å². The number of phenols is 1. The van der Waals surface area contributed by atoms with Crippen LogP contribution >= 0.6 is 38.6 Å². The van der Waals surface area contributed by atoms with Crippen molar-refractivity contribution in [3.63, 3.8) is 0 Å². The van der Waals surface area contributed by atoms with E-state index in [1.165, 1.54) is 18.4 Å². The number of hydrogen-bond donors (Lipinski definition) is 1. The SMILES string of the molecule is COCCN=c1scc(-c2cccs2)n1/N=C/c1cc(Br)c(O)c(OC)c1. The molecule has 27 heavy (non-hydrogen) atoms. The summed E-state index contributed by atoms with van der Waals surface area (Å²) in [5.74, 6) is 0.442. The second-order valence-corrected chi connectivity index (χ2v) is 8.00. The normalized spacial score (nSPS) is 12.2. The van der Waals surface area contributed by atoms with E-state index in [1.807, 2.05) is 21.5 Å². The zero-order chi connectivity index (χ0) is 19.2. The summed E-state index contributed by atoms with van der Waals surface area (Å²) < 4.78 is 12.6. The third kappa shape index (κ3) is 4.67. The van der Waals surface area contributed by atoms with E-state index in [-0.39, 0.29) is 5.75 Å². The highest BCUT2D eigenvalue weighted by molar-refractivity contribution is 9.10. The molecular formula is C18H18BrN3O3S2. The van der Waals surface area contributed by atoms with Gasteiger partial charge in [0, 0.05) is 12.5 Å². The van der Waals surface area contributed by atoms with E-state index < -0.39 is 0 Å². The van der Waals surface area contributed by atoms with Crippen LogP contribution in [0.1, 0.15) is 5.56 Å². The third-order valence-corrected chi connectivity index (χ3v) is 5.95. The summed E-state index contributed by atoms with van der Waals surface area (Å²) in [7, 11) is 3.17. The van der Waals surface area contributed by atoms with Gasteiger partial charge in [0.15, 0.2) is 11.5 Å². The Hall–Kier alpha value is -1.94. The van der Waals surface area contributed by atoms with Gasteiger partial charge in [0.1, 0.15) is 0 Å². The minimum atomic E-state index is 0.0624. The van der Waals surface area contributed by atoms with Crippen molar-refractivity contribution in [1.82, 2.24) is 4.68 Å². The maximum Gasteiger partial charge on any atom is 0.206 e. The second-order valence-electron chi connectivity index (χ2n) is 5.37. The van der Waals surface area contributed by atoms with Gasteiger partial charge in [-0.15, -0.1) is 22.7 Å². The molecule has 0 aliphatic heterocycles. The van der Waals surface area contributed by atoms with Crippen molar-refractivity contribution < 1.29 is 14.6 Å². The van der Waals surface area contributed by atoms with Crippen molar-refractivity contribution in [2.24, 2.45) is 10.1 Å². The summed E-state index contributed by atoms with van der Waals surface area (Å²) in [6, 6.07) is 7.57. The summed E-state index contributed by atoms with van der Waals surface area (Å²) in [6.45, 7) is 1.12. The molecule has 0 fully saturated rings. The summed E-state index contributed by atoms with van der Waals surface area (Å²) in [5.41, 5.74) is 1.77. The standard InChI is InChI=1S/C18H18BrN3O3S2/c1-24-6-5-20-18-22(14(11-27-18)16-4-3-7-26-16)21-10-12-8-13(19)17(23)15(9-12)25-2/h3-4,7-11,23H,5-6H2,1-2H3/b20-18?,21-10+. The second kappa shape index (κ2) is 9.32. The van der Waals surface area contributed by atoms with E-state index in [0.717, 1.165) is 20.9 Å². The molecule has 0 aliphatic carbocycles. The van der Waals surface area contributed by atoms with Crippen LogP contribution in [-0.4, -0.2) is 43.4 Å². The van der Waals surface area contributed by atoms with Gasteiger partial charge in [0.25, 0.3) is 0 Å². The molecule has 0 saturated carbocycles. The van der Waals surface area contributed by atoms with E-state index in [2.05, 4.69) is 32.1 Å². The molecule has 6 nitrogen and oxygen atoms in total. The first-order valence-electron chi connectivity index (χ1n) is 7.98. The molecule has 0 aliphatic rings. The molecule has 1 aromatic carbocycles. The Morgan fingerprint density at radius 3 is 2.85 bits per heavy atom. The molecule has 142 valence electrons. The highest BCUT2D eigenvalue weighted by Crippen LogP contribution is 2.34. The molecular weight excluding hydrogens is 450 g/mol. The maximum absolute atomic E-state index is 9.96. The highest BCUT2D eigenvalue weighted by atomic mass is 79.9. The molecule has 1 N–H and O–H groups in total. The van der Waals surface area contributed by atoms with Gasteiger partial charge in [-0.3, -0.25) is 4.99 Å². The van der Waals surface area contributed by atoms with Gasteiger partial charge < -0.3 is 14.6 Å². The van der Waals surface area contributed by atoms with Crippen LogP contribution in [0, 0.1) is 0 Å². The molecule has 3 aromatic rings. The van der Waals surface area contributed by atoms with E-state index in [1.54, 1.807) is 36.8 Å². The van der Waals surface area contributed by atoms with Gasteiger partial charge in [-0.2, -0.15) is 5.10 Å². The molecule has 0 radical (unpaired) electrons. The van der Waals surface area contributed by atoms with Crippen LogP contribution in [0.2, 0.25) is 0 Å². The van der Waals surface area contributed by atoms with Crippen molar-refractivity contribution in [2.45, 2.75) is 0 Å². The first-order valence-corrected chi connectivity index (χ1v) is 10.5. The van der Waals surface area contributed by atoms with E-state index in [9.17, 15) is 5.11 Å². The summed E-state index contributed by atoms with van der Waals surface area (Å²) in [6.07, 6.45) is 1.71. The van der Waals surface area contributed by atoms with Gasteiger partial charge >= 0.3 is 0 Å². The van der Waals surface area contributed by atoms with Crippen LogP contribution in [-0.2, 0) is 4.74 Å². The number of thiophene rings is 1. The van der Waals surface area contributed by atoms with Crippen LogP contribution in [0.3, 0.4) is 0 Å². The predicted molar refractivity (Wildman–Crippen MR) is 113 cm³/mol. The summed E-state index contributed by atoms with van der Waals surface area (Å²) >= 11 is 6.51. The van der Waals surface area contributed by atoms with Crippen LogP contribution in [0.25, 0.3) is 10.6 Å². The molecule has 0 bridgehead atoms. The molecule has 0 amide bonds. The quantitative estimate of drug-likeness (QED) is 0.418. The number of thiazole rings is 1. The number of halogens is 1. The first kappa shape index (κ1) is 19.8. The van der Waals surface area contributed by atoms with E-state index in [4.69, 9.17) is 9.47 Å². The Morgan fingerprint density at radius 2 is 2.15 bits per heavy atom. The molecule has 0 unspecified atom stereocenters. The topological polar surface area (TPSA) is 68.3 Å². The van der Waals surface area contributed by atoms with Gasteiger partial charge in [-0.1, -0.05) is 6.07 Å². The Balaban J connectivity index is 2.02. The number of phenolic OH excluding ortho intramolecular Hbond substituents is 1. The lowest BCUT2D eigenvalue weighted by atomic mass is 10.2. The minimum Gasteiger partial charge on any atom is -0.503 e. The highest BCUT2D eigenvalue weighted by Gasteiger charge is 2.10. The van der Waals surface area contributed by atoms with E-state index in [0.29, 0.717) is 23.4 Å². The largest absolute Gasteiger partial charge is 0.503 e. The van der Waals surface area contributed by atoms with Crippen molar-refractivity contribution in [1.29, 1.82) is 0 Å². The average molecular weight is 468 g/mol. The predicted octanol–water partition coefficient (Wildman–Crippen LogP) is 4.18. The lowest BCUT2D eigenvalue weighted by Crippen LogP contribution is -2.13. The number of aromatic nitrogens is 1. The van der Waals surface area contributed by atoms with Crippen molar-refractivity contribution in [3.05, 3.63) is 49.9 Å². The number of rotatable bonds is 7. The zero-order valence-corrected chi connectivity index (χ0v) is 18.0. The van der Waals surface area contributed by atoms with Crippen LogP contribution < -0.4 is 9.54 Å². The lowest BCUT2D eigenvalue weighted by molar-refractivity contribution is 0.207. The van der Waals surface area contributed by atoms with Crippen molar-refractivity contribution in [2.75, 3.05) is 27.4 Å². The Morgan fingerprint density at radius 1 is 1.30 bits per heavy atom. The Bertz CT molecular complexity index is 994. The molecule has 0 spiro atoms. The smallest absolute Gasteiger partial charge is 0.206 e. The van der Waals surface area contributed by atoms with Crippen molar-refractivity contribution in [3.8, 4) is 22.1 Å². The molecule has 0 saturated heterocycles. The number of hydrogen-bond acceptors (Lipinski definition) is 7. The zero-order valence-electron chi connectivity index (χ0n) is 14.8. The maximum atomic E-state index is 9.96. The number of ether oxygens (including phenoxy) is 2. The van der Waals surface area contributed by atoms with E-state index >= 15 is 0 Å². The minimum absolute atomic E-state index is 0.0624. The number of benzene rings is 1. The molecule has 2 heterocycles. The number of methoxy groups -OCH3 is 2. The molecule has 9 heteroatoms. The summed E-state index contributed by atoms with van der Waals surface area (Å²) in [4.78, 5) is 6.48. The van der Waals surface area contributed by atoms with Crippen LogP contribution in [0.5, 0.6) is 11.5 Å². The van der Waals surface area contributed by atoms with Gasteiger partial charge in [-0.05, 0) is 45.1 Å². The fourth-order valence-corrected chi connectivity index (χ4v) is 4.41. The fourth-order valence-electron chi connectivity index (χ4n) is 2.29. The Kier molecular flexibility index (Phi) is 6.84. The molecule has 3 rings (SSSR count). The molecule has 2 aromatic heterocycles. The van der Waals surface area contributed by atoms with Crippen LogP contribution in [0.4, 0.5) is 0 Å². The fraction of sp³-hybridized carbons (Fsp3) is 0.222. The Labute approximate surface area is 173 Å². The molecule has 0 atom stereocenters. The first-order chi connectivity index (χ1) is 13.1. The monoisotopic (exact) mass is 467 g/mol. The number of nitrogens with zero attached hydrogens (tertiary/aromatic N) is 3. The van der Waals surface area contributed by atoms with Gasteiger partial charge in [0.2, 0.25) is 4.80 Å². The summed E-state index contributed by atoms with van der Waals surface area (Å²) in [5, 5.41) is 18.7. The van der Waals surface area contributed by atoms with Crippen LogP contribution in [0.15, 0.2) is 49.6 Å². The van der Waals surface area contributed by atoms with Gasteiger partial charge in [-0.25, -0.2) is 4.68 Å².